The highest BCUT2D eigenvalue weighted by Gasteiger charge is 2.30. The van der Waals surface area contributed by atoms with E-state index in [2.05, 4.69) is 0 Å². The van der Waals surface area contributed by atoms with Gasteiger partial charge in [0, 0.05) is 23.3 Å². The standard InChI is InChI=1S/C32H22ClF3N2O2/c33-28-15-13-24(14-16-28)29-20-38(19-22-6-11-25(12-7-22)31(39)40)30(37-29)17-8-21-4-9-23(10-5-21)26-2-1-3-27(18-26)32(34,35)36/h1-18,20H,19H2,(H,39,40). The van der Waals surface area contributed by atoms with Gasteiger partial charge in [-0.2, -0.15) is 13.2 Å². The van der Waals surface area contributed by atoms with Crippen LogP contribution < -0.4 is 0 Å². The number of carboxylic acids is 1. The van der Waals surface area contributed by atoms with E-state index in [1.54, 1.807) is 54.6 Å². The molecular weight excluding hydrogens is 537 g/mol. The Bertz CT molecular complexity index is 1670. The Morgan fingerprint density at radius 3 is 2.17 bits per heavy atom. The molecule has 0 bridgehead atoms. The molecule has 0 aliphatic rings. The molecule has 5 rings (SSSR count). The number of imidazole rings is 1. The van der Waals surface area contributed by atoms with Crippen LogP contribution in [-0.4, -0.2) is 20.6 Å². The first-order valence-electron chi connectivity index (χ1n) is 12.3. The fraction of sp³-hybridized carbons (Fsp3) is 0.0625. The minimum absolute atomic E-state index is 0.213. The summed E-state index contributed by atoms with van der Waals surface area (Å²) in [4.78, 5) is 16.0. The number of hydrogen-bond donors (Lipinski definition) is 1. The molecule has 5 aromatic rings. The first kappa shape index (κ1) is 27.0. The molecule has 8 heteroatoms. The summed E-state index contributed by atoms with van der Waals surface area (Å²) in [5, 5.41) is 9.80. The number of carbonyl (C=O) groups is 1. The van der Waals surface area contributed by atoms with Crippen molar-refractivity contribution in [2.45, 2.75) is 12.7 Å². The third kappa shape index (κ3) is 6.33. The van der Waals surface area contributed by atoms with Gasteiger partial charge in [0.05, 0.1) is 16.8 Å². The Kier molecular flexibility index (Phi) is 7.58. The zero-order chi connectivity index (χ0) is 28.3. The molecular formula is C32H22ClF3N2O2. The van der Waals surface area contributed by atoms with Crippen LogP contribution in [0.1, 0.15) is 32.9 Å². The van der Waals surface area contributed by atoms with Gasteiger partial charge in [-0.3, -0.25) is 0 Å². The van der Waals surface area contributed by atoms with Crippen LogP contribution >= 0.6 is 11.6 Å². The number of benzene rings is 4. The predicted octanol–water partition coefficient (Wildman–Crippen LogP) is 8.81. The monoisotopic (exact) mass is 558 g/mol. The molecule has 0 saturated carbocycles. The lowest BCUT2D eigenvalue weighted by Gasteiger charge is -2.09. The highest BCUT2D eigenvalue weighted by molar-refractivity contribution is 6.30. The van der Waals surface area contributed by atoms with Gasteiger partial charge >= 0.3 is 12.1 Å². The number of carboxylic acid groups (broad SMARTS) is 1. The van der Waals surface area contributed by atoms with Crippen molar-refractivity contribution in [3.05, 3.63) is 136 Å². The van der Waals surface area contributed by atoms with E-state index in [0.717, 1.165) is 34.5 Å². The number of halogens is 4. The van der Waals surface area contributed by atoms with Crippen LogP contribution in [0.25, 0.3) is 34.5 Å². The number of hydrogen-bond acceptors (Lipinski definition) is 2. The summed E-state index contributed by atoms with van der Waals surface area (Å²) in [6.45, 7) is 0.467. The molecule has 0 aliphatic heterocycles. The first-order valence-corrected chi connectivity index (χ1v) is 12.6. The van der Waals surface area contributed by atoms with Crippen LogP contribution in [0.3, 0.4) is 0 Å². The molecule has 0 unspecified atom stereocenters. The third-order valence-corrected chi connectivity index (χ3v) is 6.61. The van der Waals surface area contributed by atoms with Crippen molar-refractivity contribution in [3.63, 3.8) is 0 Å². The zero-order valence-electron chi connectivity index (χ0n) is 20.9. The second kappa shape index (κ2) is 11.2. The lowest BCUT2D eigenvalue weighted by Crippen LogP contribution is -2.04. The van der Waals surface area contributed by atoms with Crippen LogP contribution in [-0.2, 0) is 12.7 Å². The van der Waals surface area contributed by atoms with E-state index in [4.69, 9.17) is 16.6 Å². The lowest BCUT2D eigenvalue weighted by atomic mass is 10.0. The molecule has 0 aliphatic carbocycles. The lowest BCUT2D eigenvalue weighted by molar-refractivity contribution is -0.137. The van der Waals surface area contributed by atoms with Crippen LogP contribution in [0.2, 0.25) is 5.02 Å². The number of aromatic carboxylic acids is 1. The summed E-state index contributed by atoms with van der Waals surface area (Å²) in [5.41, 5.74) is 4.10. The van der Waals surface area contributed by atoms with E-state index >= 15 is 0 Å². The van der Waals surface area contributed by atoms with Crippen molar-refractivity contribution in [3.8, 4) is 22.4 Å². The van der Waals surface area contributed by atoms with Crippen molar-refractivity contribution >= 4 is 29.7 Å². The molecule has 1 heterocycles. The molecule has 0 fully saturated rings. The fourth-order valence-corrected chi connectivity index (χ4v) is 4.36. The topological polar surface area (TPSA) is 55.1 Å². The molecule has 200 valence electrons. The van der Waals surface area contributed by atoms with Crippen molar-refractivity contribution in [1.29, 1.82) is 0 Å². The summed E-state index contributed by atoms with van der Waals surface area (Å²) in [5.74, 6) is -0.309. The smallest absolute Gasteiger partial charge is 0.416 e. The average Bonchev–Trinajstić information content (AvgIpc) is 3.35. The fourth-order valence-electron chi connectivity index (χ4n) is 4.23. The van der Waals surface area contributed by atoms with Crippen LogP contribution in [0.5, 0.6) is 0 Å². The highest BCUT2D eigenvalue weighted by Crippen LogP contribution is 2.32. The number of aromatic nitrogens is 2. The van der Waals surface area contributed by atoms with Crippen molar-refractivity contribution < 1.29 is 23.1 Å². The molecule has 1 aromatic heterocycles. The Labute approximate surface area is 233 Å². The zero-order valence-corrected chi connectivity index (χ0v) is 21.7. The van der Waals surface area contributed by atoms with Gasteiger partial charge in [0.2, 0.25) is 0 Å². The van der Waals surface area contributed by atoms with E-state index in [-0.39, 0.29) is 5.56 Å². The second-order valence-corrected chi connectivity index (χ2v) is 9.59. The van der Waals surface area contributed by atoms with E-state index in [9.17, 15) is 23.1 Å². The minimum Gasteiger partial charge on any atom is -0.478 e. The molecule has 1 N–H and O–H groups in total. The molecule has 0 amide bonds. The van der Waals surface area contributed by atoms with Crippen LogP contribution in [0.15, 0.2) is 103 Å². The quantitative estimate of drug-likeness (QED) is 0.217. The summed E-state index contributed by atoms with van der Waals surface area (Å²) in [7, 11) is 0. The second-order valence-electron chi connectivity index (χ2n) is 9.16. The Balaban J connectivity index is 1.42. The highest BCUT2D eigenvalue weighted by atomic mass is 35.5. The van der Waals surface area contributed by atoms with Gasteiger partial charge in [0.25, 0.3) is 0 Å². The SMILES string of the molecule is O=C(O)c1ccc(Cn2cc(-c3ccc(Cl)cc3)nc2C=Cc2ccc(-c3cccc(C(F)(F)F)c3)cc2)cc1. The number of alkyl halides is 3. The normalized spacial score (nSPS) is 11.7. The van der Waals surface area contributed by atoms with Gasteiger partial charge in [-0.05, 0) is 64.7 Å². The summed E-state index contributed by atoms with van der Waals surface area (Å²) in [6.07, 6.45) is 1.27. The maximum atomic E-state index is 13.1. The van der Waals surface area contributed by atoms with E-state index in [0.29, 0.717) is 28.5 Å². The summed E-state index contributed by atoms with van der Waals surface area (Å²) < 4.78 is 41.3. The molecule has 0 spiro atoms. The van der Waals surface area contributed by atoms with Crippen LogP contribution in [0.4, 0.5) is 13.2 Å². The molecule has 0 radical (unpaired) electrons. The van der Waals surface area contributed by atoms with Crippen molar-refractivity contribution in [2.75, 3.05) is 0 Å². The minimum atomic E-state index is -4.40. The van der Waals surface area contributed by atoms with Crippen LogP contribution in [0, 0.1) is 0 Å². The van der Waals surface area contributed by atoms with Gasteiger partial charge < -0.3 is 9.67 Å². The molecule has 4 nitrogen and oxygen atoms in total. The third-order valence-electron chi connectivity index (χ3n) is 6.36. The molecule has 4 aromatic carbocycles. The maximum Gasteiger partial charge on any atom is 0.416 e. The first-order chi connectivity index (χ1) is 19.2. The van der Waals surface area contributed by atoms with Gasteiger partial charge in [-0.15, -0.1) is 0 Å². The van der Waals surface area contributed by atoms with Gasteiger partial charge in [0.1, 0.15) is 5.82 Å². The van der Waals surface area contributed by atoms with E-state index in [1.807, 2.05) is 47.2 Å². The summed E-state index contributed by atoms with van der Waals surface area (Å²) >= 11 is 6.04. The maximum absolute atomic E-state index is 13.1. The van der Waals surface area contributed by atoms with Gasteiger partial charge in [-0.1, -0.05) is 78.3 Å². The summed E-state index contributed by atoms with van der Waals surface area (Å²) in [6, 6.07) is 26.5. The van der Waals surface area contributed by atoms with Crippen molar-refractivity contribution in [2.24, 2.45) is 0 Å². The number of rotatable bonds is 7. The number of nitrogens with zero attached hydrogens (tertiary/aromatic N) is 2. The predicted molar refractivity (Wildman–Crippen MR) is 151 cm³/mol. The average molecular weight is 559 g/mol. The van der Waals surface area contributed by atoms with E-state index < -0.39 is 17.7 Å². The van der Waals surface area contributed by atoms with Gasteiger partial charge in [-0.25, -0.2) is 9.78 Å². The van der Waals surface area contributed by atoms with Gasteiger partial charge in [0.15, 0.2) is 0 Å². The Morgan fingerprint density at radius 1 is 0.850 bits per heavy atom. The van der Waals surface area contributed by atoms with E-state index in [1.165, 1.54) is 6.07 Å². The van der Waals surface area contributed by atoms with Crippen molar-refractivity contribution in [1.82, 2.24) is 9.55 Å². The molecule has 0 saturated heterocycles. The Hall–Kier alpha value is -4.62. The Morgan fingerprint density at radius 2 is 1.52 bits per heavy atom. The largest absolute Gasteiger partial charge is 0.478 e. The molecule has 40 heavy (non-hydrogen) atoms. The molecule has 0 atom stereocenters.